The van der Waals surface area contributed by atoms with Crippen LogP contribution < -0.4 is 5.32 Å². The van der Waals surface area contributed by atoms with Crippen molar-refractivity contribution in [2.75, 3.05) is 26.2 Å². The molecular weight excluding hydrogens is 260 g/mol. The van der Waals surface area contributed by atoms with E-state index in [1.54, 1.807) is 25.1 Å². The van der Waals surface area contributed by atoms with E-state index in [1.807, 2.05) is 0 Å². The van der Waals surface area contributed by atoms with Crippen LogP contribution in [-0.2, 0) is 9.53 Å². The highest BCUT2D eigenvalue weighted by molar-refractivity contribution is 5.99. The normalized spacial score (nSPS) is 18.6. The standard InChI is InChI=1S/C14H18N2O4/c1-2-20-14(19)11-9-15-7-8-16(11)13(18)10-5-3-4-6-12(10)17/h3-6,11,15,17H,2,7-9H2,1H3. The first-order valence-electron chi connectivity index (χ1n) is 6.61. The summed E-state index contributed by atoms with van der Waals surface area (Å²) in [6.07, 6.45) is 0. The molecule has 2 rings (SSSR count). The smallest absolute Gasteiger partial charge is 0.330 e. The maximum Gasteiger partial charge on any atom is 0.330 e. The first-order chi connectivity index (χ1) is 9.65. The van der Waals surface area contributed by atoms with Gasteiger partial charge in [0.05, 0.1) is 12.2 Å². The maximum absolute atomic E-state index is 12.5. The lowest BCUT2D eigenvalue weighted by Gasteiger charge is -2.34. The van der Waals surface area contributed by atoms with E-state index in [-0.39, 0.29) is 23.8 Å². The molecule has 0 radical (unpaired) electrons. The molecule has 1 amide bonds. The summed E-state index contributed by atoms with van der Waals surface area (Å²) in [5.74, 6) is -0.871. The van der Waals surface area contributed by atoms with Crippen molar-refractivity contribution in [3.8, 4) is 5.75 Å². The highest BCUT2D eigenvalue weighted by atomic mass is 16.5. The lowest BCUT2D eigenvalue weighted by Crippen LogP contribution is -2.57. The second kappa shape index (κ2) is 6.38. The number of hydrogen-bond donors (Lipinski definition) is 2. The minimum atomic E-state index is -0.657. The number of carbonyl (C=O) groups is 2. The second-order valence-electron chi connectivity index (χ2n) is 4.49. The summed E-state index contributed by atoms with van der Waals surface area (Å²) >= 11 is 0. The van der Waals surface area contributed by atoms with E-state index in [0.717, 1.165) is 0 Å². The number of hydrogen-bond acceptors (Lipinski definition) is 5. The molecule has 1 aliphatic heterocycles. The monoisotopic (exact) mass is 278 g/mol. The molecule has 1 saturated heterocycles. The van der Waals surface area contributed by atoms with Crippen LogP contribution in [0.5, 0.6) is 5.75 Å². The Balaban J connectivity index is 2.22. The summed E-state index contributed by atoms with van der Waals surface area (Å²) in [4.78, 5) is 25.8. The number of amides is 1. The lowest BCUT2D eigenvalue weighted by molar-refractivity contribution is -0.149. The fourth-order valence-corrected chi connectivity index (χ4v) is 2.21. The van der Waals surface area contributed by atoms with Gasteiger partial charge in [0.1, 0.15) is 11.8 Å². The number of rotatable bonds is 3. The Labute approximate surface area is 117 Å². The highest BCUT2D eigenvalue weighted by Gasteiger charge is 2.34. The van der Waals surface area contributed by atoms with Crippen LogP contribution in [0.1, 0.15) is 17.3 Å². The quantitative estimate of drug-likeness (QED) is 0.781. The molecule has 0 spiro atoms. The number of para-hydroxylation sites is 1. The Morgan fingerprint density at radius 3 is 2.90 bits per heavy atom. The Bertz CT molecular complexity index is 504. The van der Waals surface area contributed by atoms with Crippen LogP contribution >= 0.6 is 0 Å². The van der Waals surface area contributed by atoms with E-state index in [4.69, 9.17) is 4.74 Å². The largest absolute Gasteiger partial charge is 0.507 e. The zero-order valence-corrected chi connectivity index (χ0v) is 11.3. The van der Waals surface area contributed by atoms with E-state index in [0.29, 0.717) is 19.6 Å². The summed E-state index contributed by atoms with van der Waals surface area (Å²) in [7, 11) is 0. The molecule has 2 N–H and O–H groups in total. The predicted molar refractivity (Wildman–Crippen MR) is 72.4 cm³/mol. The van der Waals surface area contributed by atoms with Crippen molar-refractivity contribution < 1.29 is 19.4 Å². The fourth-order valence-electron chi connectivity index (χ4n) is 2.21. The number of carbonyl (C=O) groups excluding carboxylic acids is 2. The molecule has 0 saturated carbocycles. The number of ether oxygens (including phenoxy) is 1. The van der Waals surface area contributed by atoms with Crippen LogP contribution in [0, 0.1) is 0 Å². The molecule has 108 valence electrons. The number of phenols is 1. The van der Waals surface area contributed by atoms with Crippen LogP contribution in [0.15, 0.2) is 24.3 Å². The van der Waals surface area contributed by atoms with Gasteiger partial charge in [-0.3, -0.25) is 4.79 Å². The number of nitrogens with zero attached hydrogens (tertiary/aromatic N) is 1. The summed E-state index contributed by atoms with van der Waals surface area (Å²) in [5.41, 5.74) is 0.198. The summed E-state index contributed by atoms with van der Waals surface area (Å²) in [6, 6.07) is 5.66. The number of esters is 1. The summed E-state index contributed by atoms with van der Waals surface area (Å²) in [5, 5.41) is 12.8. The SMILES string of the molecule is CCOC(=O)C1CNCCN1C(=O)c1ccccc1O. The van der Waals surface area contributed by atoms with Gasteiger partial charge in [-0.05, 0) is 19.1 Å². The molecular formula is C14H18N2O4. The maximum atomic E-state index is 12.5. The van der Waals surface area contributed by atoms with E-state index in [2.05, 4.69) is 5.32 Å². The number of aromatic hydroxyl groups is 1. The van der Waals surface area contributed by atoms with Gasteiger partial charge in [0.25, 0.3) is 5.91 Å². The van der Waals surface area contributed by atoms with Gasteiger partial charge in [0.15, 0.2) is 0 Å². The zero-order chi connectivity index (χ0) is 14.5. The predicted octanol–water partition coefficient (Wildman–Crippen LogP) is 0.369. The molecule has 0 aromatic heterocycles. The zero-order valence-electron chi connectivity index (χ0n) is 11.3. The van der Waals surface area contributed by atoms with Gasteiger partial charge in [-0.2, -0.15) is 0 Å². The molecule has 6 nitrogen and oxygen atoms in total. The van der Waals surface area contributed by atoms with Crippen molar-refractivity contribution in [1.29, 1.82) is 0 Å². The molecule has 1 heterocycles. The van der Waals surface area contributed by atoms with Gasteiger partial charge in [-0.1, -0.05) is 12.1 Å². The minimum absolute atomic E-state index is 0.0846. The van der Waals surface area contributed by atoms with Crippen LogP contribution in [0.25, 0.3) is 0 Å². The summed E-state index contributed by atoms with van der Waals surface area (Å²) < 4.78 is 4.99. The van der Waals surface area contributed by atoms with Crippen molar-refractivity contribution in [3.05, 3.63) is 29.8 Å². The van der Waals surface area contributed by atoms with Crippen LogP contribution in [-0.4, -0.2) is 54.2 Å². The molecule has 1 aromatic carbocycles. The number of nitrogens with one attached hydrogen (secondary N) is 1. The number of piperazine rings is 1. The minimum Gasteiger partial charge on any atom is -0.507 e. The first-order valence-corrected chi connectivity index (χ1v) is 6.61. The first kappa shape index (κ1) is 14.3. The van der Waals surface area contributed by atoms with Gasteiger partial charge < -0.3 is 20.1 Å². The summed E-state index contributed by atoms with van der Waals surface area (Å²) in [6.45, 7) is 3.36. The van der Waals surface area contributed by atoms with Gasteiger partial charge >= 0.3 is 5.97 Å². The Hall–Kier alpha value is -2.08. The van der Waals surface area contributed by atoms with Gasteiger partial charge in [-0.15, -0.1) is 0 Å². The fraction of sp³-hybridized carbons (Fsp3) is 0.429. The molecule has 1 atom stereocenters. The van der Waals surface area contributed by atoms with Crippen molar-refractivity contribution in [2.45, 2.75) is 13.0 Å². The molecule has 1 aliphatic rings. The number of phenolic OH excluding ortho intramolecular Hbond substituents is 1. The lowest BCUT2D eigenvalue weighted by atomic mass is 10.1. The Morgan fingerprint density at radius 2 is 2.20 bits per heavy atom. The Kier molecular flexibility index (Phi) is 4.57. The Morgan fingerprint density at radius 1 is 1.45 bits per heavy atom. The van der Waals surface area contributed by atoms with Crippen molar-refractivity contribution in [3.63, 3.8) is 0 Å². The third-order valence-corrected chi connectivity index (χ3v) is 3.20. The van der Waals surface area contributed by atoms with E-state index in [9.17, 15) is 14.7 Å². The van der Waals surface area contributed by atoms with Crippen molar-refractivity contribution in [1.82, 2.24) is 10.2 Å². The van der Waals surface area contributed by atoms with Crippen LogP contribution in [0.4, 0.5) is 0 Å². The highest BCUT2D eigenvalue weighted by Crippen LogP contribution is 2.20. The molecule has 20 heavy (non-hydrogen) atoms. The van der Waals surface area contributed by atoms with Crippen molar-refractivity contribution >= 4 is 11.9 Å². The van der Waals surface area contributed by atoms with Crippen LogP contribution in [0.3, 0.4) is 0 Å². The van der Waals surface area contributed by atoms with E-state index in [1.165, 1.54) is 11.0 Å². The van der Waals surface area contributed by atoms with Gasteiger partial charge in [0, 0.05) is 19.6 Å². The van der Waals surface area contributed by atoms with Gasteiger partial charge in [0.2, 0.25) is 0 Å². The molecule has 6 heteroatoms. The average Bonchev–Trinajstić information content (AvgIpc) is 2.47. The number of benzene rings is 1. The molecule has 1 fully saturated rings. The molecule has 0 bridgehead atoms. The van der Waals surface area contributed by atoms with Crippen molar-refractivity contribution in [2.24, 2.45) is 0 Å². The second-order valence-corrected chi connectivity index (χ2v) is 4.49. The average molecular weight is 278 g/mol. The molecule has 1 unspecified atom stereocenters. The molecule has 1 aromatic rings. The van der Waals surface area contributed by atoms with E-state index < -0.39 is 12.0 Å². The van der Waals surface area contributed by atoms with Crippen LogP contribution in [0.2, 0.25) is 0 Å². The van der Waals surface area contributed by atoms with E-state index >= 15 is 0 Å². The van der Waals surface area contributed by atoms with Gasteiger partial charge in [-0.25, -0.2) is 4.79 Å². The third kappa shape index (κ3) is 2.91. The topological polar surface area (TPSA) is 78.9 Å². The third-order valence-electron chi connectivity index (χ3n) is 3.20. The molecule has 0 aliphatic carbocycles.